The zero-order valence-corrected chi connectivity index (χ0v) is 16.2. The Morgan fingerprint density at radius 2 is 2.12 bits per heavy atom. The zero-order valence-electron chi connectivity index (χ0n) is 15.4. The molecule has 1 aliphatic carbocycles. The van der Waals surface area contributed by atoms with Crippen LogP contribution in [0.3, 0.4) is 0 Å². The number of nitrogens with zero attached hydrogens (tertiary/aromatic N) is 1. The van der Waals surface area contributed by atoms with Crippen LogP contribution in [-0.4, -0.2) is 17.4 Å². The van der Waals surface area contributed by atoms with Crippen LogP contribution in [0.4, 0.5) is 0 Å². The zero-order chi connectivity index (χ0) is 18.1. The topological polar surface area (TPSA) is 55.1 Å². The number of nitrogens with one attached hydrogen (secondary N) is 1. The van der Waals surface area contributed by atoms with E-state index in [2.05, 4.69) is 5.32 Å². The fourth-order valence-corrected chi connectivity index (χ4v) is 4.83. The van der Waals surface area contributed by atoms with Gasteiger partial charge in [0.25, 0.3) is 5.91 Å². The largest absolute Gasteiger partial charge is 0.450 e. The first-order valence-corrected chi connectivity index (χ1v) is 10.2. The number of hydrogen-bond donors (Lipinski definition) is 1. The highest BCUT2D eigenvalue weighted by Crippen LogP contribution is 2.28. The average Bonchev–Trinajstić information content (AvgIpc) is 3.20. The molecule has 0 radical (unpaired) electrons. The molecule has 0 fully saturated rings. The number of fused-ring (bicyclic) bond motifs is 2. The molecule has 0 unspecified atom stereocenters. The fraction of sp³-hybridized carbons (Fsp3) is 0.429. The Kier molecular flexibility index (Phi) is 4.81. The van der Waals surface area contributed by atoms with E-state index in [9.17, 15) is 4.79 Å². The summed E-state index contributed by atoms with van der Waals surface area (Å²) in [6.45, 7) is 4.58. The van der Waals surface area contributed by atoms with Crippen molar-refractivity contribution in [3.63, 3.8) is 0 Å². The number of benzene rings is 1. The van der Waals surface area contributed by atoms with Crippen molar-refractivity contribution in [1.29, 1.82) is 0 Å². The third-order valence-electron chi connectivity index (χ3n) is 5.11. The quantitative estimate of drug-likeness (QED) is 0.661. The smallest absolute Gasteiger partial charge is 0.287 e. The van der Waals surface area contributed by atoms with Gasteiger partial charge in [-0.15, -0.1) is 11.3 Å². The Balaban J connectivity index is 1.35. The third-order valence-corrected chi connectivity index (χ3v) is 6.33. The van der Waals surface area contributed by atoms with E-state index in [0.29, 0.717) is 12.3 Å². The van der Waals surface area contributed by atoms with E-state index in [0.717, 1.165) is 41.4 Å². The van der Waals surface area contributed by atoms with Gasteiger partial charge in [-0.2, -0.15) is 0 Å². The number of amides is 1. The van der Waals surface area contributed by atoms with Crippen LogP contribution in [-0.2, 0) is 19.3 Å². The lowest BCUT2D eigenvalue weighted by molar-refractivity contribution is 0.0927. The van der Waals surface area contributed by atoms with Gasteiger partial charge in [0.15, 0.2) is 5.76 Å². The molecule has 4 rings (SSSR count). The summed E-state index contributed by atoms with van der Waals surface area (Å²) in [7, 11) is 0. The van der Waals surface area contributed by atoms with E-state index >= 15 is 0 Å². The molecule has 0 aliphatic heterocycles. The van der Waals surface area contributed by atoms with Gasteiger partial charge in [-0.1, -0.05) is 18.2 Å². The number of carbonyl (C=O) groups is 1. The molecule has 5 heteroatoms. The van der Waals surface area contributed by atoms with Gasteiger partial charge in [0.1, 0.15) is 5.58 Å². The Morgan fingerprint density at radius 1 is 1.27 bits per heavy atom. The molecule has 1 amide bonds. The summed E-state index contributed by atoms with van der Waals surface area (Å²) in [5.74, 6) is 0.301. The maximum atomic E-state index is 12.5. The second-order valence-electron chi connectivity index (χ2n) is 7.05. The van der Waals surface area contributed by atoms with Crippen LogP contribution in [0.2, 0.25) is 0 Å². The Morgan fingerprint density at radius 3 is 2.92 bits per heavy atom. The van der Waals surface area contributed by atoms with Crippen molar-refractivity contribution >= 4 is 28.2 Å². The number of aryl methyl sites for hydroxylation is 5. The van der Waals surface area contributed by atoms with Gasteiger partial charge in [0, 0.05) is 28.8 Å². The number of para-hydroxylation sites is 1. The van der Waals surface area contributed by atoms with Crippen LogP contribution in [0, 0.1) is 13.8 Å². The van der Waals surface area contributed by atoms with E-state index < -0.39 is 0 Å². The lowest BCUT2D eigenvalue weighted by Crippen LogP contribution is -2.24. The minimum Gasteiger partial charge on any atom is -0.450 e. The monoisotopic (exact) mass is 368 g/mol. The summed E-state index contributed by atoms with van der Waals surface area (Å²) in [6.07, 6.45) is 6.71. The molecular formula is C21H24N2O2S. The Labute approximate surface area is 157 Å². The summed E-state index contributed by atoms with van der Waals surface area (Å²) in [5.41, 5.74) is 4.09. The molecule has 3 aromatic rings. The molecule has 0 bridgehead atoms. The number of carbonyl (C=O) groups excluding carboxylic acids is 1. The van der Waals surface area contributed by atoms with E-state index in [1.807, 2.05) is 43.4 Å². The second kappa shape index (κ2) is 7.23. The lowest BCUT2D eigenvalue weighted by Gasteiger charge is -2.06. The minimum atomic E-state index is -0.128. The number of aromatic nitrogens is 1. The normalized spacial score (nSPS) is 13.8. The summed E-state index contributed by atoms with van der Waals surface area (Å²) in [4.78, 5) is 18.7. The number of rotatable bonds is 5. The van der Waals surface area contributed by atoms with Crippen molar-refractivity contribution in [3.8, 4) is 0 Å². The average molecular weight is 369 g/mol. The second-order valence-corrected chi connectivity index (χ2v) is 8.22. The number of thiazole rings is 1. The maximum Gasteiger partial charge on any atom is 0.287 e. The minimum absolute atomic E-state index is 0.128. The third kappa shape index (κ3) is 3.28. The molecule has 26 heavy (non-hydrogen) atoms. The molecule has 1 aliphatic rings. The molecule has 2 heterocycles. The van der Waals surface area contributed by atoms with Gasteiger partial charge < -0.3 is 9.73 Å². The first-order chi connectivity index (χ1) is 12.6. The molecule has 0 spiro atoms. The van der Waals surface area contributed by atoms with E-state index in [-0.39, 0.29) is 5.91 Å². The highest BCUT2D eigenvalue weighted by atomic mass is 32.1. The predicted octanol–water partition coefficient (Wildman–Crippen LogP) is 4.75. The number of furan rings is 1. The molecule has 4 nitrogen and oxygen atoms in total. The summed E-state index contributed by atoms with van der Waals surface area (Å²) >= 11 is 1.86. The van der Waals surface area contributed by atoms with Crippen LogP contribution >= 0.6 is 11.3 Å². The van der Waals surface area contributed by atoms with Crippen LogP contribution in [0.15, 0.2) is 22.6 Å². The van der Waals surface area contributed by atoms with E-state index in [1.54, 1.807) is 0 Å². The van der Waals surface area contributed by atoms with Gasteiger partial charge >= 0.3 is 0 Å². The van der Waals surface area contributed by atoms with Gasteiger partial charge in [0.05, 0.1) is 10.7 Å². The van der Waals surface area contributed by atoms with Crippen LogP contribution in [0.5, 0.6) is 0 Å². The Bertz CT molecular complexity index is 931. The van der Waals surface area contributed by atoms with Crippen molar-refractivity contribution in [1.82, 2.24) is 10.3 Å². The van der Waals surface area contributed by atoms with Crippen LogP contribution in [0.1, 0.15) is 56.5 Å². The van der Waals surface area contributed by atoms with Gasteiger partial charge in [-0.3, -0.25) is 4.79 Å². The van der Waals surface area contributed by atoms with Crippen LogP contribution < -0.4 is 5.32 Å². The summed E-state index contributed by atoms with van der Waals surface area (Å²) < 4.78 is 5.84. The first-order valence-electron chi connectivity index (χ1n) is 9.38. The van der Waals surface area contributed by atoms with Gasteiger partial charge in [-0.05, 0) is 51.5 Å². The van der Waals surface area contributed by atoms with Gasteiger partial charge in [-0.25, -0.2) is 4.98 Å². The first kappa shape index (κ1) is 17.3. The van der Waals surface area contributed by atoms with Crippen molar-refractivity contribution in [3.05, 3.63) is 50.7 Å². The Hall–Kier alpha value is -2.14. The lowest BCUT2D eigenvalue weighted by atomic mass is 10.0. The molecule has 0 saturated heterocycles. The fourth-order valence-electron chi connectivity index (χ4n) is 3.64. The van der Waals surface area contributed by atoms with Crippen molar-refractivity contribution in [2.24, 2.45) is 0 Å². The van der Waals surface area contributed by atoms with Crippen molar-refractivity contribution in [2.45, 2.75) is 52.4 Å². The van der Waals surface area contributed by atoms with Crippen LogP contribution in [0.25, 0.3) is 11.0 Å². The molecule has 1 N–H and O–H groups in total. The van der Waals surface area contributed by atoms with E-state index in [4.69, 9.17) is 9.40 Å². The molecule has 2 aromatic heterocycles. The molecule has 1 aromatic carbocycles. The predicted molar refractivity (Wildman–Crippen MR) is 105 cm³/mol. The number of hydrogen-bond acceptors (Lipinski definition) is 4. The van der Waals surface area contributed by atoms with Crippen molar-refractivity contribution in [2.75, 3.05) is 6.54 Å². The highest BCUT2D eigenvalue weighted by molar-refractivity contribution is 7.11. The highest BCUT2D eigenvalue weighted by Gasteiger charge is 2.18. The molecule has 136 valence electrons. The van der Waals surface area contributed by atoms with Gasteiger partial charge in [0.2, 0.25) is 0 Å². The maximum absolute atomic E-state index is 12.5. The summed E-state index contributed by atoms with van der Waals surface area (Å²) in [5, 5.41) is 5.22. The summed E-state index contributed by atoms with van der Waals surface area (Å²) in [6, 6.07) is 6.00. The van der Waals surface area contributed by atoms with E-state index in [1.165, 1.54) is 34.8 Å². The molecule has 0 atom stereocenters. The molecule has 0 saturated carbocycles. The molecular weight excluding hydrogens is 344 g/mol. The standard InChI is InChI=1S/C21H24N2O2S/c1-13-7-5-8-15-14(2)20(25-19(13)15)21(24)22-12-6-11-18-23-16-9-3-4-10-17(16)26-18/h5,7-8H,3-4,6,9-12H2,1-2H3,(H,22,24). The van der Waals surface area contributed by atoms with Crippen molar-refractivity contribution < 1.29 is 9.21 Å². The SMILES string of the molecule is Cc1c(C(=O)NCCCc2nc3c(s2)CCCC3)oc2c(C)cccc12.